The molecule has 18 heavy (non-hydrogen) atoms. The van der Waals surface area contributed by atoms with Crippen LogP contribution in [-0.2, 0) is 11.3 Å². The molecule has 0 unspecified atom stereocenters. The van der Waals surface area contributed by atoms with Crippen molar-refractivity contribution < 1.29 is 4.74 Å². The van der Waals surface area contributed by atoms with Crippen LogP contribution >= 0.6 is 35.3 Å². The van der Waals surface area contributed by atoms with Crippen LogP contribution in [0, 0.1) is 6.92 Å². The summed E-state index contributed by atoms with van der Waals surface area (Å²) in [6, 6.07) is 0. The zero-order valence-electron chi connectivity index (χ0n) is 11.0. The van der Waals surface area contributed by atoms with Crippen LogP contribution in [0.1, 0.15) is 16.8 Å². The van der Waals surface area contributed by atoms with E-state index < -0.39 is 0 Å². The number of nitrogens with one attached hydrogen (secondary N) is 2. The van der Waals surface area contributed by atoms with Gasteiger partial charge in [-0.1, -0.05) is 0 Å². The summed E-state index contributed by atoms with van der Waals surface area (Å²) in [7, 11) is 1.76. The molecular weight excluding hydrogens is 363 g/mol. The van der Waals surface area contributed by atoms with Gasteiger partial charge < -0.3 is 15.4 Å². The van der Waals surface area contributed by atoms with Crippen LogP contribution in [0.4, 0.5) is 0 Å². The second-order valence-electron chi connectivity index (χ2n) is 3.40. The highest BCUT2D eigenvalue weighted by atomic mass is 127. The van der Waals surface area contributed by atoms with Crippen LogP contribution in [0.3, 0.4) is 0 Å². The summed E-state index contributed by atoms with van der Waals surface area (Å²) in [6.45, 7) is 6.93. The Balaban J connectivity index is 0.00000289. The molecule has 5 nitrogen and oxygen atoms in total. The molecule has 0 atom stereocenters. The molecule has 1 rings (SSSR count). The summed E-state index contributed by atoms with van der Waals surface area (Å²) in [5.74, 6) is 0.788. The molecule has 0 aliphatic rings. The van der Waals surface area contributed by atoms with Crippen LogP contribution in [0.15, 0.2) is 11.2 Å². The zero-order valence-corrected chi connectivity index (χ0v) is 14.2. The fourth-order valence-corrected chi connectivity index (χ4v) is 2.00. The predicted molar refractivity (Wildman–Crippen MR) is 87.0 cm³/mol. The third-order valence-corrected chi connectivity index (χ3v) is 2.98. The first-order chi connectivity index (χ1) is 8.26. The second kappa shape index (κ2) is 10.5. The van der Waals surface area contributed by atoms with Crippen LogP contribution in [0.25, 0.3) is 0 Å². The fourth-order valence-electron chi connectivity index (χ4n) is 1.26. The van der Waals surface area contributed by atoms with E-state index in [1.165, 1.54) is 4.88 Å². The van der Waals surface area contributed by atoms with Gasteiger partial charge in [0.2, 0.25) is 0 Å². The Morgan fingerprint density at radius 1 is 1.50 bits per heavy atom. The Hall–Kier alpha value is -0.410. The molecule has 0 aliphatic carbocycles. The highest BCUT2D eigenvalue weighted by molar-refractivity contribution is 14.0. The van der Waals surface area contributed by atoms with E-state index in [1.807, 2.05) is 20.0 Å². The van der Waals surface area contributed by atoms with Gasteiger partial charge in [-0.05, 0) is 13.8 Å². The Morgan fingerprint density at radius 3 is 2.83 bits per heavy atom. The average molecular weight is 384 g/mol. The number of aryl methyl sites for hydroxylation is 1. The minimum atomic E-state index is 0. The SMILES string of the molecule is CCOCCNC(=NC)NCc1cnc(C)s1.I. The van der Waals surface area contributed by atoms with Crippen molar-refractivity contribution >= 4 is 41.3 Å². The molecule has 7 heteroatoms. The monoisotopic (exact) mass is 384 g/mol. The van der Waals surface area contributed by atoms with Gasteiger partial charge in [0.15, 0.2) is 5.96 Å². The van der Waals surface area contributed by atoms with Gasteiger partial charge in [-0.25, -0.2) is 4.98 Å². The van der Waals surface area contributed by atoms with Gasteiger partial charge in [-0.3, -0.25) is 4.99 Å². The molecule has 0 aliphatic heterocycles. The lowest BCUT2D eigenvalue weighted by molar-refractivity contribution is 0.152. The Bertz CT molecular complexity index is 357. The van der Waals surface area contributed by atoms with E-state index in [1.54, 1.807) is 18.4 Å². The highest BCUT2D eigenvalue weighted by Crippen LogP contribution is 2.10. The quantitative estimate of drug-likeness (QED) is 0.340. The lowest BCUT2D eigenvalue weighted by Gasteiger charge is -2.10. The van der Waals surface area contributed by atoms with E-state index >= 15 is 0 Å². The van der Waals surface area contributed by atoms with Crippen molar-refractivity contribution in [2.45, 2.75) is 20.4 Å². The van der Waals surface area contributed by atoms with E-state index in [9.17, 15) is 0 Å². The lowest BCUT2D eigenvalue weighted by atomic mass is 10.5. The summed E-state index contributed by atoms with van der Waals surface area (Å²) < 4.78 is 5.24. The normalized spacial score (nSPS) is 10.9. The topological polar surface area (TPSA) is 58.5 Å². The zero-order chi connectivity index (χ0) is 12.5. The molecular formula is C11H21IN4OS. The van der Waals surface area contributed by atoms with Crippen molar-refractivity contribution in [1.82, 2.24) is 15.6 Å². The van der Waals surface area contributed by atoms with E-state index in [0.717, 1.165) is 30.7 Å². The number of nitrogens with zero attached hydrogens (tertiary/aromatic N) is 2. The maximum Gasteiger partial charge on any atom is 0.191 e. The maximum absolute atomic E-state index is 5.24. The molecule has 0 aromatic carbocycles. The molecule has 0 spiro atoms. The minimum absolute atomic E-state index is 0. The van der Waals surface area contributed by atoms with Crippen LogP contribution in [-0.4, -0.2) is 37.7 Å². The standard InChI is InChI=1S/C11H20N4OS.HI/c1-4-16-6-5-13-11(12-3)15-8-10-7-14-9(2)17-10;/h7H,4-6,8H2,1-3H3,(H2,12,13,15);1H. The maximum atomic E-state index is 5.24. The van der Waals surface area contributed by atoms with E-state index in [-0.39, 0.29) is 24.0 Å². The Kier molecular flexibility index (Phi) is 10.3. The van der Waals surface area contributed by atoms with Gasteiger partial charge in [-0.2, -0.15) is 0 Å². The van der Waals surface area contributed by atoms with Crippen LogP contribution in [0.2, 0.25) is 0 Å². The molecule has 1 aromatic rings. The molecule has 1 heterocycles. The van der Waals surface area contributed by atoms with Crippen LogP contribution < -0.4 is 10.6 Å². The summed E-state index contributed by atoms with van der Waals surface area (Å²) in [5, 5.41) is 7.49. The summed E-state index contributed by atoms with van der Waals surface area (Å²) in [6.07, 6.45) is 1.89. The van der Waals surface area contributed by atoms with Gasteiger partial charge in [-0.15, -0.1) is 35.3 Å². The number of aliphatic imine (C=N–C) groups is 1. The third kappa shape index (κ3) is 7.12. The fraction of sp³-hybridized carbons (Fsp3) is 0.636. The highest BCUT2D eigenvalue weighted by Gasteiger charge is 2.00. The number of thiazole rings is 1. The first-order valence-corrected chi connectivity index (χ1v) is 6.51. The molecule has 0 radical (unpaired) electrons. The van der Waals surface area contributed by atoms with Crippen LogP contribution in [0.5, 0.6) is 0 Å². The molecule has 0 saturated heterocycles. The molecule has 0 saturated carbocycles. The largest absolute Gasteiger partial charge is 0.380 e. The molecule has 2 N–H and O–H groups in total. The van der Waals surface area contributed by atoms with E-state index in [0.29, 0.717) is 6.61 Å². The molecule has 104 valence electrons. The molecule has 0 bridgehead atoms. The number of hydrogen-bond acceptors (Lipinski definition) is 4. The molecule has 0 amide bonds. The van der Waals surface area contributed by atoms with Crippen molar-refractivity contribution in [2.24, 2.45) is 4.99 Å². The smallest absolute Gasteiger partial charge is 0.191 e. The number of ether oxygens (including phenoxy) is 1. The number of halogens is 1. The van der Waals surface area contributed by atoms with Crippen molar-refractivity contribution in [2.75, 3.05) is 26.8 Å². The van der Waals surface area contributed by atoms with Crippen molar-refractivity contribution in [1.29, 1.82) is 0 Å². The van der Waals surface area contributed by atoms with Crippen molar-refractivity contribution in [3.63, 3.8) is 0 Å². The van der Waals surface area contributed by atoms with Gasteiger partial charge >= 0.3 is 0 Å². The Labute approximate surface area is 129 Å². The summed E-state index contributed by atoms with van der Waals surface area (Å²) in [4.78, 5) is 9.54. The van der Waals surface area contributed by atoms with Gasteiger partial charge in [0.1, 0.15) is 0 Å². The molecule has 0 fully saturated rings. The van der Waals surface area contributed by atoms with E-state index in [4.69, 9.17) is 4.74 Å². The van der Waals surface area contributed by atoms with Crippen molar-refractivity contribution in [3.8, 4) is 0 Å². The predicted octanol–water partition coefficient (Wildman–Crippen LogP) is 1.77. The minimum Gasteiger partial charge on any atom is -0.380 e. The number of hydrogen-bond donors (Lipinski definition) is 2. The lowest BCUT2D eigenvalue weighted by Crippen LogP contribution is -2.38. The van der Waals surface area contributed by atoms with Gasteiger partial charge in [0, 0.05) is 31.3 Å². The first-order valence-electron chi connectivity index (χ1n) is 5.69. The summed E-state index contributed by atoms with van der Waals surface area (Å²) >= 11 is 1.69. The molecule has 1 aromatic heterocycles. The third-order valence-electron chi connectivity index (χ3n) is 2.07. The van der Waals surface area contributed by atoms with Gasteiger partial charge in [0.25, 0.3) is 0 Å². The second-order valence-corrected chi connectivity index (χ2v) is 4.71. The first kappa shape index (κ1) is 17.6. The van der Waals surface area contributed by atoms with E-state index in [2.05, 4.69) is 20.6 Å². The van der Waals surface area contributed by atoms with Gasteiger partial charge in [0.05, 0.1) is 18.2 Å². The Morgan fingerprint density at radius 2 is 2.28 bits per heavy atom. The average Bonchev–Trinajstić information content (AvgIpc) is 2.74. The summed E-state index contributed by atoms with van der Waals surface area (Å²) in [5.41, 5.74) is 0. The number of guanidine groups is 1. The number of rotatable bonds is 6. The van der Waals surface area contributed by atoms with Crippen molar-refractivity contribution in [3.05, 3.63) is 16.1 Å². The number of aromatic nitrogens is 1.